The number of aromatic nitrogens is 3. The van der Waals surface area contributed by atoms with Crippen LogP contribution in [0.1, 0.15) is 36.9 Å². The summed E-state index contributed by atoms with van der Waals surface area (Å²) in [7, 11) is 0. The molecule has 0 atom stereocenters. The third-order valence-electron chi connectivity index (χ3n) is 7.18. The van der Waals surface area contributed by atoms with Crippen molar-refractivity contribution in [2.24, 2.45) is 0 Å². The van der Waals surface area contributed by atoms with Crippen molar-refractivity contribution >= 4 is 22.5 Å². The van der Waals surface area contributed by atoms with Crippen molar-refractivity contribution in [1.82, 2.24) is 24.8 Å². The van der Waals surface area contributed by atoms with Gasteiger partial charge in [0.05, 0.1) is 11.2 Å². The van der Waals surface area contributed by atoms with E-state index in [4.69, 9.17) is 0 Å². The highest BCUT2D eigenvalue weighted by molar-refractivity contribution is 5.96. The Hall–Kier alpha value is -3.25. The van der Waals surface area contributed by atoms with Gasteiger partial charge in [-0.2, -0.15) is 0 Å². The van der Waals surface area contributed by atoms with Gasteiger partial charge >= 0.3 is 0 Å². The molecule has 1 saturated heterocycles. The lowest BCUT2D eigenvalue weighted by Crippen LogP contribution is -2.57. The fraction of sp³-hybridized carbons (Fsp3) is 0.346. The van der Waals surface area contributed by atoms with E-state index in [2.05, 4.69) is 61.2 Å². The molecule has 6 nitrogen and oxygen atoms in total. The van der Waals surface area contributed by atoms with Gasteiger partial charge in [0, 0.05) is 43.3 Å². The molecule has 3 heterocycles. The Morgan fingerprint density at radius 2 is 1.91 bits per heavy atom. The second-order valence-corrected chi connectivity index (χ2v) is 9.20. The predicted molar refractivity (Wildman–Crippen MR) is 125 cm³/mol. The summed E-state index contributed by atoms with van der Waals surface area (Å²) < 4.78 is 0. The second kappa shape index (κ2) is 7.71. The fourth-order valence-corrected chi connectivity index (χ4v) is 5.23. The van der Waals surface area contributed by atoms with Crippen LogP contribution in [0.4, 0.5) is 0 Å². The van der Waals surface area contributed by atoms with Crippen molar-refractivity contribution in [1.29, 1.82) is 0 Å². The van der Waals surface area contributed by atoms with Crippen molar-refractivity contribution < 1.29 is 4.79 Å². The zero-order chi connectivity index (χ0) is 21.5. The molecule has 0 unspecified atom stereocenters. The molecule has 1 aliphatic heterocycles. The molecule has 32 heavy (non-hydrogen) atoms. The number of rotatable bonds is 4. The van der Waals surface area contributed by atoms with Gasteiger partial charge in [0.15, 0.2) is 0 Å². The minimum absolute atomic E-state index is 0.00386. The van der Waals surface area contributed by atoms with Gasteiger partial charge in [-0.3, -0.25) is 9.69 Å². The molecule has 2 fully saturated rings. The third-order valence-corrected chi connectivity index (χ3v) is 7.18. The lowest BCUT2D eigenvalue weighted by Gasteiger charge is -2.42. The average Bonchev–Trinajstić information content (AvgIpc) is 3.41. The van der Waals surface area contributed by atoms with E-state index in [0.29, 0.717) is 0 Å². The molecule has 0 bridgehead atoms. The van der Waals surface area contributed by atoms with Gasteiger partial charge in [-0.05, 0) is 42.9 Å². The zero-order valence-corrected chi connectivity index (χ0v) is 18.1. The number of carbonyl (C=O) groups is 1. The van der Waals surface area contributed by atoms with E-state index in [0.717, 1.165) is 74.2 Å². The fourth-order valence-electron chi connectivity index (χ4n) is 5.23. The van der Waals surface area contributed by atoms with Crippen LogP contribution in [0.25, 0.3) is 16.6 Å². The number of aromatic amines is 1. The predicted octanol–water partition coefficient (Wildman–Crippen LogP) is 3.94. The van der Waals surface area contributed by atoms with Gasteiger partial charge < -0.3 is 9.88 Å². The van der Waals surface area contributed by atoms with E-state index in [1.54, 1.807) is 6.33 Å². The zero-order valence-electron chi connectivity index (χ0n) is 18.1. The number of amides is 1. The van der Waals surface area contributed by atoms with Gasteiger partial charge in [-0.15, -0.1) is 0 Å². The van der Waals surface area contributed by atoms with Gasteiger partial charge in [0.1, 0.15) is 12.0 Å². The molecule has 3 aliphatic rings. The summed E-state index contributed by atoms with van der Waals surface area (Å²) >= 11 is 0. The molecule has 0 radical (unpaired) electrons. The Balaban J connectivity index is 1.16. The molecular formula is C26H27N5O. The van der Waals surface area contributed by atoms with E-state index in [9.17, 15) is 4.79 Å². The van der Waals surface area contributed by atoms with Crippen LogP contribution >= 0.6 is 0 Å². The van der Waals surface area contributed by atoms with Gasteiger partial charge in [0.2, 0.25) is 5.91 Å². The normalized spacial score (nSPS) is 20.3. The minimum atomic E-state index is 0.00386. The summed E-state index contributed by atoms with van der Waals surface area (Å²) in [5, 5.41) is 1.09. The topological polar surface area (TPSA) is 65.1 Å². The number of hydrogen-bond acceptors (Lipinski definition) is 4. The largest absolute Gasteiger partial charge is 0.346 e. The smallest absolute Gasteiger partial charge is 0.250 e. The highest BCUT2D eigenvalue weighted by Gasteiger charge is 2.53. The van der Waals surface area contributed by atoms with Gasteiger partial charge in [0.25, 0.3) is 0 Å². The molecule has 162 valence electrons. The summed E-state index contributed by atoms with van der Waals surface area (Å²) in [5.74, 6) is 0.237. The highest BCUT2D eigenvalue weighted by atomic mass is 16.2. The SMILES string of the molecule is O=C(C1=CC=C(c2ccccc2)CC1)N1CCN(Cc2ncnc3[nH]ccc23)CC12CC2. The number of nitrogens with one attached hydrogen (secondary N) is 1. The van der Waals surface area contributed by atoms with Crippen molar-refractivity contribution in [3.05, 3.63) is 77.9 Å². The standard InChI is InChI=1S/C26H27N5O/c32-25(21-8-6-20(7-9-21)19-4-2-1-3-5-19)31-15-14-30(17-26(31)11-12-26)16-23-22-10-13-27-24(22)29-18-28-23/h1-6,8,10,13,18H,7,9,11-12,14-17H2,(H,27,28,29). The minimum Gasteiger partial charge on any atom is -0.346 e. The van der Waals surface area contributed by atoms with Crippen LogP contribution in [0.5, 0.6) is 0 Å². The molecule has 1 spiro atoms. The van der Waals surface area contributed by atoms with Gasteiger partial charge in [-0.1, -0.05) is 42.5 Å². The van der Waals surface area contributed by atoms with Crippen molar-refractivity contribution in [2.75, 3.05) is 19.6 Å². The monoisotopic (exact) mass is 425 g/mol. The number of hydrogen-bond donors (Lipinski definition) is 1. The summed E-state index contributed by atoms with van der Waals surface area (Å²) in [6.45, 7) is 3.38. The van der Waals surface area contributed by atoms with Crippen molar-refractivity contribution in [2.45, 2.75) is 37.8 Å². The van der Waals surface area contributed by atoms with E-state index >= 15 is 0 Å². The maximum Gasteiger partial charge on any atom is 0.250 e. The van der Waals surface area contributed by atoms with Crippen LogP contribution in [0, 0.1) is 0 Å². The summed E-state index contributed by atoms with van der Waals surface area (Å²) in [6.07, 6.45) is 11.7. The Morgan fingerprint density at radius 3 is 2.69 bits per heavy atom. The quantitative estimate of drug-likeness (QED) is 0.688. The number of piperazine rings is 1. The first-order valence-electron chi connectivity index (χ1n) is 11.5. The Bertz CT molecular complexity index is 1220. The lowest BCUT2D eigenvalue weighted by molar-refractivity contribution is -0.133. The number of carbonyl (C=O) groups excluding carboxylic acids is 1. The molecule has 1 aromatic carbocycles. The van der Waals surface area contributed by atoms with Gasteiger partial charge in [-0.25, -0.2) is 9.97 Å². The first-order valence-corrected chi connectivity index (χ1v) is 11.5. The summed E-state index contributed by atoms with van der Waals surface area (Å²) in [5.41, 5.74) is 5.47. The maximum atomic E-state index is 13.4. The van der Waals surface area contributed by atoms with Crippen LogP contribution in [0.3, 0.4) is 0 Å². The molecule has 2 aromatic heterocycles. The first-order chi connectivity index (χ1) is 15.7. The van der Waals surface area contributed by atoms with Crippen LogP contribution in [-0.4, -0.2) is 55.8 Å². The second-order valence-electron chi connectivity index (χ2n) is 9.20. The number of fused-ring (bicyclic) bond motifs is 1. The van der Waals surface area contributed by atoms with Crippen molar-refractivity contribution in [3.63, 3.8) is 0 Å². The Kier molecular flexibility index (Phi) is 4.68. The average molecular weight is 426 g/mol. The lowest BCUT2D eigenvalue weighted by atomic mass is 9.92. The Morgan fingerprint density at radius 1 is 1.03 bits per heavy atom. The van der Waals surface area contributed by atoms with E-state index in [1.807, 2.05) is 18.3 Å². The third kappa shape index (κ3) is 3.45. The number of nitrogens with zero attached hydrogens (tertiary/aromatic N) is 4. The number of H-pyrrole nitrogens is 1. The van der Waals surface area contributed by atoms with Crippen LogP contribution in [-0.2, 0) is 11.3 Å². The van der Waals surface area contributed by atoms with Crippen LogP contribution in [0.15, 0.2) is 66.6 Å². The Labute approximate surface area is 187 Å². The summed E-state index contributed by atoms with van der Waals surface area (Å²) in [4.78, 5) is 30.1. The summed E-state index contributed by atoms with van der Waals surface area (Å²) in [6, 6.07) is 12.5. The molecular weight excluding hydrogens is 398 g/mol. The maximum absolute atomic E-state index is 13.4. The molecule has 1 amide bonds. The number of benzene rings is 1. The van der Waals surface area contributed by atoms with E-state index in [-0.39, 0.29) is 11.4 Å². The molecule has 3 aromatic rings. The molecule has 1 N–H and O–H groups in total. The molecule has 6 rings (SSSR count). The van der Waals surface area contributed by atoms with E-state index < -0.39 is 0 Å². The van der Waals surface area contributed by atoms with Crippen molar-refractivity contribution in [3.8, 4) is 0 Å². The number of allylic oxidation sites excluding steroid dienone is 3. The van der Waals surface area contributed by atoms with E-state index in [1.165, 1.54) is 11.1 Å². The first kappa shape index (κ1) is 19.4. The molecule has 2 aliphatic carbocycles. The van der Waals surface area contributed by atoms with Crippen LogP contribution < -0.4 is 0 Å². The van der Waals surface area contributed by atoms with Crippen LogP contribution in [0.2, 0.25) is 0 Å². The molecule has 1 saturated carbocycles. The highest BCUT2D eigenvalue weighted by Crippen LogP contribution is 2.45. The molecule has 6 heteroatoms.